The first kappa shape index (κ1) is 12.0. The molecule has 2 unspecified atom stereocenters. The first-order valence-corrected chi connectivity index (χ1v) is 5.75. The average molecular weight is 201 g/mol. The topological polar surface area (TPSA) is 41.5 Å². The zero-order valence-electron chi connectivity index (χ0n) is 9.38. The summed E-state index contributed by atoms with van der Waals surface area (Å²) >= 11 is 0. The van der Waals surface area contributed by atoms with Gasteiger partial charge in [-0.1, -0.05) is 20.3 Å². The lowest BCUT2D eigenvalue weighted by Crippen LogP contribution is -2.47. The summed E-state index contributed by atoms with van der Waals surface area (Å²) < 4.78 is 5.61. The number of hydrogen-bond donors (Lipinski definition) is 2. The molecule has 3 nitrogen and oxygen atoms in total. The predicted octanol–water partition coefficient (Wildman–Crippen LogP) is 1.31. The first-order valence-electron chi connectivity index (χ1n) is 5.75. The van der Waals surface area contributed by atoms with Gasteiger partial charge in [0.2, 0.25) is 0 Å². The minimum absolute atomic E-state index is 0.261. The Morgan fingerprint density at radius 1 is 1.50 bits per heavy atom. The Balaban J connectivity index is 2.36. The van der Waals surface area contributed by atoms with Crippen molar-refractivity contribution in [2.75, 3.05) is 19.7 Å². The maximum Gasteiger partial charge on any atom is 0.0818 e. The van der Waals surface area contributed by atoms with Crippen molar-refractivity contribution in [3.63, 3.8) is 0 Å². The van der Waals surface area contributed by atoms with E-state index in [9.17, 15) is 5.11 Å². The molecule has 0 aliphatic carbocycles. The zero-order valence-corrected chi connectivity index (χ0v) is 9.38. The van der Waals surface area contributed by atoms with Gasteiger partial charge in [-0.2, -0.15) is 0 Å². The summed E-state index contributed by atoms with van der Waals surface area (Å²) in [6, 6.07) is 0. The van der Waals surface area contributed by atoms with Crippen LogP contribution in [0.15, 0.2) is 0 Å². The summed E-state index contributed by atoms with van der Waals surface area (Å²) in [6.07, 6.45) is 4.00. The van der Waals surface area contributed by atoms with E-state index in [1.54, 1.807) is 0 Å². The predicted molar refractivity (Wildman–Crippen MR) is 57.4 cm³/mol. The summed E-state index contributed by atoms with van der Waals surface area (Å²) in [6.45, 7) is 6.54. The third kappa shape index (κ3) is 3.56. The molecule has 84 valence electrons. The molecular formula is C11H23NO2. The van der Waals surface area contributed by atoms with E-state index in [-0.39, 0.29) is 6.10 Å². The van der Waals surface area contributed by atoms with E-state index in [1.807, 2.05) is 0 Å². The minimum atomic E-state index is -0.534. The van der Waals surface area contributed by atoms with Gasteiger partial charge in [-0.3, -0.25) is 0 Å². The number of nitrogens with one attached hydrogen (secondary N) is 1. The van der Waals surface area contributed by atoms with Crippen molar-refractivity contribution >= 4 is 0 Å². The molecule has 0 aromatic rings. The van der Waals surface area contributed by atoms with Crippen molar-refractivity contribution in [1.82, 2.24) is 5.32 Å². The summed E-state index contributed by atoms with van der Waals surface area (Å²) in [4.78, 5) is 0. The van der Waals surface area contributed by atoms with Gasteiger partial charge in [-0.15, -0.1) is 0 Å². The van der Waals surface area contributed by atoms with E-state index in [0.717, 1.165) is 32.2 Å². The number of rotatable bonds is 5. The zero-order chi connectivity index (χ0) is 10.4. The van der Waals surface area contributed by atoms with Gasteiger partial charge in [-0.25, -0.2) is 0 Å². The highest BCUT2D eigenvalue weighted by Gasteiger charge is 2.33. The highest BCUT2D eigenvalue weighted by molar-refractivity contribution is 4.87. The fraction of sp³-hybridized carbons (Fsp3) is 1.00. The number of aliphatic hydroxyl groups is 1. The highest BCUT2D eigenvalue weighted by atomic mass is 16.5. The number of hydrogen-bond acceptors (Lipinski definition) is 3. The van der Waals surface area contributed by atoms with Crippen LogP contribution < -0.4 is 5.32 Å². The van der Waals surface area contributed by atoms with Gasteiger partial charge in [0.1, 0.15) is 0 Å². The molecule has 1 aliphatic heterocycles. The minimum Gasteiger partial charge on any atom is -0.388 e. The number of ether oxygens (including phenoxy) is 1. The van der Waals surface area contributed by atoms with E-state index < -0.39 is 5.60 Å². The maximum absolute atomic E-state index is 10.3. The van der Waals surface area contributed by atoms with Gasteiger partial charge < -0.3 is 15.2 Å². The summed E-state index contributed by atoms with van der Waals surface area (Å²) in [7, 11) is 0. The van der Waals surface area contributed by atoms with Crippen LogP contribution in [0.2, 0.25) is 0 Å². The third-order valence-electron chi connectivity index (χ3n) is 2.84. The standard InChI is InChI=1S/C11H23NO2/c1-3-5-10-8-11(13,6-7-14-10)9-12-4-2/h10,12-13H,3-9H2,1-2H3. The second-order valence-corrected chi connectivity index (χ2v) is 4.24. The molecule has 0 aromatic carbocycles. The average Bonchev–Trinajstić information content (AvgIpc) is 2.16. The highest BCUT2D eigenvalue weighted by Crippen LogP contribution is 2.26. The van der Waals surface area contributed by atoms with Crippen LogP contribution in [0.1, 0.15) is 39.5 Å². The Hall–Kier alpha value is -0.120. The Labute approximate surface area is 86.8 Å². The summed E-state index contributed by atoms with van der Waals surface area (Å²) in [5.74, 6) is 0. The SMILES string of the molecule is CCCC1CC(O)(CNCC)CCO1. The van der Waals surface area contributed by atoms with Crippen LogP contribution in [0.4, 0.5) is 0 Å². The van der Waals surface area contributed by atoms with Crippen LogP contribution in [0, 0.1) is 0 Å². The molecule has 0 radical (unpaired) electrons. The van der Waals surface area contributed by atoms with Crippen LogP contribution in [0.3, 0.4) is 0 Å². The fourth-order valence-electron chi connectivity index (χ4n) is 2.03. The van der Waals surface area contributed by atoms with E-state index in [1.165, 1.54) is 0 Å². The van der Waals surface area contributed by atoms with Gasteiger partial charge in [-0.05, 0) is 13.0 Å². The third-order valence-corrected chi connectivity index (χ3v) is 2.84. The van der Waals surface area contributed by atoms with Gasteiger partial charge >= 0.3 is 0 Å². The fourth-order valence-corrected chi connectivity index (χ4v) is 2.03. The van der Waals surface area contributed by atoms with Crippen molar-refractivity contribution in [2.24, 2.45) is 0 Å². The second kappa shape index (κ2) is 5.69. The molecule has 0 saturated carbocycles. The van der Waals surface area contributed by atoms with Crippen LogP contribution in [-0.4, -0.2) is 36.5 Å². The lowest BCUT2D eigenvalue weighted by atomic mass is 9.89. The molecule has 1 fully saturated rings. The van der Waals surface area contributed by atoms with Crippen LogP contribution in [-0.2, 0) is 4.74 Å². The molecule has 2 N–H and O–H groups in total. The molecule has 0 aromatic heterocycles. The van der Waals surface area contributed by atoms with E-state index in [0.29, 0.717) is 13.2 Å². The van der Waals surface area contributed by atoms with E-state index in [4.69, 9.17) is 4.74 Å². The largest absolute Gasteiger partial charge is 0.388 e. The first-order chi connectivity index (χ1) is 6.70. The Morgan fingerprint density at radius 2 is 2.29 bits per heavy atom. The smallest absolute Gasteiger partial charge is 0.0818 e. The quantitative estimate of drug-likeness (QED) is 0.704. The Kier molecular flexibility index (Phi) is 4.85. The van der Waals surface area contributed by atoms with Gasteiger partial charge in [0, 0.05) is 26.0 Å². The maximum atomic E-state index is 10.3. The van der Waals surface area contributed by atoms with Crippen LogP contribution >= 0.6 is 0 Å². The second-order valence-electron chi connectivity index (χ2n) is 4.24. The molecule has 0 bridgehead atoms. The molecule has 14 heavy (non-hydrogen) atoms. The summed E-state index contributed by atoms with van der Waals surface area (Å²) in [5.41, 5.74) is -0.534. The molecule has 2 atom stereocenters. The molecule has 1 rings (SSSR count). The van der Waals surface area contributed by atoms with E-state index in [2.05, 4.69) is 19.2 Å². The van der Waals surface area contributed by atoms with E-state index >= 15 is 0 Å². The van der Waals surface area contributed by atoms with Crippen molar-refractivity contribution in [3.8, 4) is 0 Å². The summed E-state index contributed by atoms with van der Waals surface area (Å²) in [5, 5.41) is 13.5. The Morgan fingerprint density at radius 3 is 2.93 bits per heavy atom. The molecule has 0 amide bonds. The van der Waals surface area contributed by atoms with Crippen molar-refractivity contribution in [2.45, 2.75) is 51.2 Å². The molecule has 0 spiro atoms. The molecule has 1 saturated heterocycles. The molecular weight excluding hydrogens is 178 g/mol. The van der Waals surface area contributed by atoms with Gasteiger partial charge in [0.15, 0.2) is 0 Å². The van der Waals surface area contributed by atoms with Crippen molar-refractivity contribution < 1.29 is 9.84 Å². The van der Waals surface area contributed by atoms with Crippen molar-refractivity contribution in [1.29, 1.82) is 0 Å². The molecule has 1 aliphatic rings. The lowest BCUT2D eigenvalue weighted by Gasteiger charge is -2.37. The monoisotopic (exact) mass is 201 g/mol. The Bertz CT molecular complexity index is 161. The van der Waals surface area contributed by atoms with Crippen LogP contribution in [0.5, 0.6) is 0 Å². The normalized spacial score (nSPS) is 33.2. The van der Waals surface area contributed by atoms with Crippen LogP contribution in [0.25, 0.3) is 0 Å². The lowest BCUT2D eigenvalue weighted by molar-refractivity contribution is -0.103. The van der Waals surface area contributed by atoms with Gasteiger partial charge in [0.25, 0.3) is 0 Å². The molecule has 3 heteroatoms. The number of likely N-dealkylation sites (N-methyl/N-ethyl adjacent to an activating group) is 1. The van der Waals surface area contributed by atoms with Crippen molar-refractivity contribution in [3.05, 3.63) is 0 Å². The van der Waals surface area contributed by atoms with Gasteiger partial charge in [0.05, 0.1) is 11.7 Å². The molecule has 1 heterocycles.